The van der Waals surface area contributed by atoms with Gasteiger partial charge in [0.25, 0.3) is 0 Å². The fraction of sp³-hybridized carbons (Fsp3) is 0.333. The molecular weight excluding hydrogens is 399 g/mol. The molecule has 4 nitrogen and oxygen atoms in total. The number of hydrogen-bond donors (Lipinski definition) is 1. The van der Waals surface area contributed by atoms with Gasteiger partial charge in [-0.2, -0.15) is 5.10 Å². The Morgan fingerprint density at radius 2 is 1.93 bits per heavy atom. The number of benzene rings is 2. The van der Waals surface area contributed by atoms with E-state index in [4.69, 9.17) is 5.73 Å². The van der Waals surface area contributed by atoms with Crippen LogP contribution in [0.3, 0.4) is 0 Å². The Kier molecular flexibility index (Phi) is 5.16. The monoisotopic (exact) mass is 419 g/mol. The van der Waals surface area contributed by atoms with Gasteiger partial charge in [-0.25, -0.2) is 18.2 Å². The third-order valence-electron chi connectivity index (χ3n) is 5.45. The topological polar surface area (TPSA) is 58.7 Å². The zero-order valence-corrected chi connectivity index (χ0v) is 16.6. The van der Waals surface area contributed by atoms with E-state index >= 15 is 0 Å². The van der Waals surface area contributed by atoms with Crippen LogP contribution >= 0.6 is 11.8 Å². The number of hydrazone groups is 1. The van der Waals surface area contributed by atoms with Crippen molar-refractivity contribution in [3.05, 3.63) is 70.5 Å². The number of aryl methyl sites for hydroxylation is 1. The zero-order valence-electron chi connectivity index (χ0n) is 15.8. The average Bonchev–Trinajstić information content (AvgIpc) is 3.06. The molecule has 0 saturated heterocycles. The number of halogens is 3. The summed E-state index contributed by atoms with van der Waals surface area (Å²) >= 11 is 1.24. The maximum absolute atomic E-state index is 14.2. The molecule has 2 aromatic carbocycles. The van der Waals surface area contributed by atoms with Gasteiger partial charge in [-0.05, 0) is 67.1 Å². The molecular formula is C21H20F3N3OS. The van der Waals surface area contributed by atoms with E-state index in [-0.39, 0.29) is 17.4 Å². The molecule has 1 amide bonds. The fourth-order valence-electron chi connectivity index (χ4n) is 4.29. The van der Waals surface area contributed by atoms with Crippen LogP contribution in [0, 0.1) is 23.4 Å². The molecule has 29 heavy (non-hydrogen) atoms. The number of carbonyl (C=O) groups excluding carboxylic acids is 1. The Hall–Kier alpha value is -2.32. The van der Waals surface area contributed by atoms with E-state index in [2.05, 4.69) is 5.10 Å². The smallest absolute Gasteiger partial charge is 0.241 e. The van der Waals surface area contributed by atoms with E-state index in [0.29, 0.717) is 23.6 Å². The second kappa shape index (κ2) is 7.50. The van der Waals surface area contributed by atoms with E-state index < -0.39 is 22.3 Å². The third kappa shape index (κ3) is 3.34. The lowest BCUT2D eigenvalue weighted by Gasteiger charge is -2.45. The van der Waals surface area contributed by atoms with Crippen LogP contribution in [0.25, 0.3) is 0 Å². The number of hydrogen-bond acceptors (Lipinski definition) is 4. The lowest BCUT2D eigenvalue weighted by atomic mass is 9.77. The molecule has 0 radical (unpaired) electrons. The predicted octanol–water partition coefficient (Wildman–Crippen LogP) is 4.13. The minimum atomic E-state index is -1.00. The molecule has 2 N–H and O–H groups in total. The number of rotatable bonds is 3. The van der Waals surface area contributed by atoms with Crippen LogP contribution in [-0.2, 0) is 16.1 Å². The van der Waals surface area contributed by atoms with Gasteiger partial charge in [-0.1, -0.05) is 17.8 Å². The van der Waals surface area contributed by atoms with Crippen molar-refractivity contribution < 1.29 is 18.0 Å². The van der Waals surface area contributed by atoms with Crippen LogP contribution in [-0.4, -0.2) is 22.5 Å². The first-order valence-electron chi connectivity index (χ1n) is 9.39. The average molecular weight is 419 g/mol. The summed E-state index contributed by atoms with van der Waals surface area (Å²) in [6, 6.07) is 7.70. The molecule has 4 rings (SSSR count). The minimum absolute atomic E-state index is 0.0876. The van der Waals surface area contributed by atoms with Crippen molar-refractivity contribution >= 4 is 22.7 Å². The Morgan fingerprint density at radius 1 is 1.21 bits per heavy atom. The normalized spacial score (nSPS) is 23.3. The van der Waals surface area contributed by atoms with E-state index in [9.17, 15) is 18.0 Å². The van der Waals surface area contributed by atoms with Crippen molar-refractivity contribution in [2.45, 2.75) is 31.1 Å². The highest BCUT2D eigenvalue weighted by atomic mass is 32.2. The van der Waals surface area contributed by atoms with Crippen molar-refractivity contribution in [2.24, 2.45) is 16.8 Å². The first-order chi connectivity index (χ1) is 13.8. The third-order valence-corrected chi connectivity index (χ3v) is 7.00. The number of carbonyl (C=O) groups is 1. The Balaban J connectivity index is 1.90. The van der Waals surface area contributed by atoms with Gasteiger partial charge in [0.2, 0.25) is 5.91 Å². The molecule has 2 atom stereocenters. The summed E-state index contributed by atoms with van der Waals surface area (Å²) in [4.78, 5) is 11.6. The molecule has 1 aliphatic heterocycles. The van der Waals surface area contributed by atoms with Crippen LogP contribution in [0.15, 0.2) is 41.5 Å². The van der Waals surface area contributed by atoms with Crippen LogP contribution in [0.2, 0.25) is 0 Å². The predicted molar refractivity (Wildman–Crippen MR) is 107 cm³/mol. The van der Waals surface area contributed by atoms with Crippen molar-refractivity contribution in [3.63, 3.8) is 0 Å². The largest absolute Gasteiger partial charge is 0.330 e. The van der Waals surface area contributed by atoms with E-state index in [1.165, 1.54) is 48.0 Å². The van der Waals surface area contributed by atoms with Crippen LogP contribution in [0.5, 0.6) is 0 Å². The van der Waals surface area contributed by atoms with Gasteiger partial charge in [0.05, 0.1) is 0 Å². The van der Waals surface area contributed by atoms with Crippen molar-refractivity contribution in [1.82, 2.24) is 5.01 Å². The quantitative estimate of drug-likeness (QED) is 0.814. The molecule has 0 unspecified atom stereocenters. The second-order valence-electron chi connectivity index (χ2n) is 7.31. The number of thioether (sulfide) groups is 1. The van der Waals surface area contributed by atoms with Gasteiger partial charge >= 0.3 is 0 Å². The number of fused-ring (bicyclic) bond motifs is 2. The lowest BCUT2D eigenvalue weighted by Crippen LogP contribution is -2.49. The molecule has 0 fully saturated rings. The minimum Gasteiger partial charge on any atom is -0.330 e. The van der Waals surface area contributed by atoms with Crippen molar-refractivity contribution in [3.8, 4) is 0 Å². The zero-order chi connectivity index (χ0) is 20.8. The van der Waals surface area contributed by atoms with Gasteiger partial charge in [0, 0.05) is 18.6 Å². The van der Waals surface area contributed by atoms with Crippen molar-refractivity contribution in [2.75, 3.05) is 6.54 Å². The summed E-state index contributed by atoms with van der Waals surface area (Å²) in [5, 5.41) is 6.10. The maximum Gasteiger partial charge on any atom is 0.241 e. The van der Waals surface area contributed by atoms with E-state index in [1.807, 2.05) is 0 Å². The van der Waals surface area contributed by atoms with E-state index in [0.717, 1.165) is 24.5 Å². The summed E-state index contributed by atoms with van der Waals surface area (Å²) in [5.74, 6) is -2.29. The van der Waals surface area contributed by atoms with E-state index in [1.54, 1.807) is 6.07 Å². The SMILES string of the molecule is CC(=O)N1N=C(c2cc(F)cc(F)c2)S[C@]12c1cc(F)ccc1CC[C@@H]2CCN. The lowest BCUT2D eigenvalue weighted by molar-refractivity contribution is -0.134. The number of nitrogens with zero attached hydrogens (tertiary/aromatic N) is 2. The Bertz CT molecular complexity index is 992. The molecule has 0 aromatic heterocycles. The second-order valence-corrected chi connectivity index (χ2v) is 8.52. The first kappa shape index (κ1) is 20.0. The number of nitrogens with two attached hydrogens (primary N) is 1. The highest BCUT2D eigenvalue weighted by Crippen LogP contribution is 2.57. The van der Waals surface area contributed by atoms with Gasteiger partial charge in [-0.3, -0.25) is 4.79 Å². The van der Waals surface area contributed by atoms with Gasteiger partial charge < -0.3 is 5.73 Å². The Labute approximate surface area is 171 Å². The molecule has 1 aliphatic carbocycles. The highest BCUT2D eigenvalue weighted by Gasteiger charge is 2.55. The summed E-state index contributed by atoms with van der Waals surface area (Å²) in [6.07, 6.45) is 2.08. The molecule has 2 aromatic rings. The molecule has 8 heteroatoms. The standard InChI is InChI=1S/C21H20F3N3OS/c1-12(28)27-21(29-20(26-27)14-8-17(23)10-18(24)9-14)15(6-7-25)4-2-13-3-5-16(22)11-19(13)21/h3,5,8-11,15H,2,4,6-7,25H2,1H3/t15-,21-/m1/s1. The summed E-state index contributed by atoms with van der Waals surface area (Å²) in [5.41, 5.74) is 7.68. The summed E-state index contributed by atoms with van der Waals surface area (Å²) in [7, 11) is 0. The van der Waals surface area contributed by atoms with Gasteiger partial charge in [0.15, 0.2) is 0 Å². The summed E-state index contributed by atoms with van der Waals surface area (Å²) in [6.45, 7) is 1.78. The highest BCUT2D eigenvalue weighted by molar-refractivity contribution is 8.15. The number of amides is 1. The van der Waals surface area contributed by atoms with Gasteiger partial charge in [-0.15, -0.1) is 0 Å². The molecule has 1 heterocycles. The van der Waals surface area contributed by atoms with Gasteiger partial charge in [0.1, 0.15) is 27.4 Å². The molecule has 1 spiro atoms. The van der Waals surface area contributed by atoms with Crippen LogP contribution in [0.1, 0.15) is 36.5 Å². The molecule has 152 valence electrons. The summed E-state index contributed by atoms with van der Waals surface area (Å²) < 4.78 is 41.8. The molecule has 2 aliphatic rings. The molecule has 0 bridgehead atoms. The van der Waals surface area contributed by atoms with Crippen LogP contribution in [0.4, 0.5) is 13.2 Å². The van der Waals surface area contributed by atoms with Crippen molar-refractivity contribution in [1.29, 1.82) is 0 Å². The van der Waals surface area contributed by atoms with Crippen LogP contribution < -0.4 is 5.73 Å². The first-order valence-corrected chi connectivity index (χ1v) is 10.2. The fourth-order valence-corrected chi connectivity index (χ4v) is 5.90. The Morgan fingerprint density at radius 3 is 2.59 bits per heavy atom. The molecule has 0 saturated carbocycles. The maximum atomic E-state index is 14.2.